The molecule has 7 heteroatoms. The van der Waals surface area contributed by atoms with Crippen LogP contribution in [0.4, 0.5) is 11.5 Å². The van der Waals surface area contributed by atoms with Crippen molar-refractivity contribution in [3.63, 3.8) is 0 Å². The van der Waals surface area contributed by atoms with Gasteiger partial charge in [0.15, 0.2) is 0 Å². The highest BCUT2D eigenvalue weighted by Crippen LogP contribution is 2.37. The molecule has 2 aromatic heterocycles. The van der Waals surface area contributed by atoms with Crippen molar-refractivity contribution < 1.29 is 4.74 Å². The molecule has 2 N–H and O–H groups in total. The highest BCUT2D eigenvalue weighted by molar-refractivity contribution is 5.79. The van der Waals surface area contributed by atoms with Crippen LogP contribution in [0.5, 0.6) is 5.75 Å². The Morgan fingerprint density at radius 1 is 1.33 bits per heavy atom. The van der Waals surface area contributed by atoms with E-state index in [1.807, 2.05) is 31.6 Å². The number of benzene rings is 1. The lowest BCUT2D eigenvalue weighted by Gasteiger charge is -2.31. The lowest BCUT2D eigenvalue weighted by Crippen LogP contribution is -2.32. The molecule has 4 rings (SSSR count). The van der Waals surface area contributed by atoms with Crippen molar-refractivity contribution >= 4 is 11.5 Å². The van der Waals surface area contributed by atoms with Gasteiger partial charge in [-0.15, -0.1) is 0 Å². The minimum Gasteiger partial charge on any atom is -0.490 e. The lowest BCUT2D eigenvalue weighted by molar-refractivity contribution is 0.307. The van der Waals surface area contributed by atoms with Gasteiger partial charge in [0.25, 0.3) is 0 Å². The largest absolute Gasteiger partial charge is 0.490 e. The topological polar surface area (TPSA) is 79.0 Å². The van der Waals surface area contributed by atoms with E-state index in [1.54, 1.807) is 12.7 Å². The zero-order valence-corrected chi connectivity index (χ0v) is 13.4. The fourth-order valence-electron chi connectivity index (χ4n) is 2.92. The number of aromatic nitrogens is 4. The summed E-state index contributed by atoms with van der Waals surface area (Å²) in [6.45, 7) is 2.24. The van der Waals surface area contributed by atoms with Gasteiger partial charge in [-0.1, -0.05) is 6.07 Å². The van der Waals surface area contributed by atoms with E-state index in [2.05, 4.69) is 36.2 Å². The molecule has 0 fully saturated rings. The van der Waals surface area contributed by atoms with Gasteiger partial charge in [-0.2, -0.15) is 0 Å². The quantitative estimate of drug-likeness (QED) is 0.767. The molecule has 24 heavy (non-hydrogen) atoms. The minimum absolute atomic E-state index is 0.674. The number of nitrogens with zero attached hydrogens (tertiary/aromatic N) is 4. The van der Waals surface area contributed by atoms with Gasteiger partial charge in [-0.05, 0) is 17.7 Å². The first-order valence-corrected chi connectivity index (χ1v) is 7.83. The molecule has 7 nitrogen and oxygen atoms in total. The number of nitrogens with one attached hydrogen (secondary N) is 2. The number of hydrogen-bond acceptors (Lipinski definition) is 6. The fourth-order valence-corrected chi connectivity index (χ4v) is 2.92. The molecule has 0 unspecified atom stereocenters. The molecule has 1 aliphatic heterocycles. The van der Waals surface area contributed by atoms with Crippen molar-refractivity contribution in [2.45, 2.75) is 6.54 Å². The molecule has 122 valence electrons. The minimum atomic E-state index is 0.674. The average molecular weight is 322 g/mol. The van der Waals surface area contributed by atoms with Crippen LogP contribution in [0.1, 0.15) is 5.69 Å². The van der Waals surface area contributed by atoms with Crippen LogP contribution in [0.2, 0.25) is 0 Å². The first-order chi connectivity index (χ1) is 11.8. The van der Waals surface area contributed by atoms with Gasteiger partial charge in [0.1, 0.15) is 24.5 Å². The molecule has 0 bridgehead atoms. The van der Waals surface area contributed by atoms with Gasteiger partial charge in [-0.3, -0.25) is 0 Å². The maximum Gasteiger partial charge on any atom is 0.142 e. The van der Waals surface area contributed by atoms with Crippen molar-refractivity contribution in [1.82, 2.24) is 19.9 Å². The van der Waals surface area contributed by atoms with Crippen LogP contribution in [-0.2, 0) is 6.54 Å². The number of ether oxygens (including phenoxy) is 1. The maximum absolute atomic E-state index is 5.80. The molecule has 0 aliphatic carbocycles. The van der Waals surface area contributed by atoms with Crippen molar-refractivity contribution in [3.8, 4) is 16.9 Å². The Bertz CT molecular complexity index is 833. The predicted octanol–water partition coefficient (Wildman–Crippen LogP) is 2.31. The van der Waals surface area contributed by atoms with E-state index in [9.17, 15) is 0 Å². The highest BCUT2D eigenvalue weighted by Gasteiger charge is 2.20. The molecular weight excluding hydrogens is 304 g/mol. The van der Waals surface area contributed by atoms with E-state index < -0.39 is 0 Å². The molecule has 1 aromatic carbocycles. The maximum atomic E-state index is 5.80. The molecular formula is C17H18N6O. The number of H-pyrrole nitrogens is 1. The smallest absolute Gasteiger partial charge is 0.142 e. The molecule has 0 spiro atoms. The van der Waals surface area contributed by atoms with Crippen LogP contribution in [0.25, 0.3) is 11.1 Å². The van der Waals surface area contributed by atoms with Gasteiger partial charge >= 0.3 is 0 Å². The summed E-state index contributed by atoms with van der Waals surface area (Å²) in [5.74, 6) is 1.70. The van der Waals surface area contributed by atoms with Crippen molar-refractivity contribution in [2.24, 2.45) is 0 Å². The van der Waals surface area contributed by atoms with Crippen LogP contribution < -0.4 is 15.0 Å². The first-order valence-electron chi connectivity index (χ1n) is 7.83. The molecule has 0 atom stereocenters. The Kier molecular flexibility index (Phi) is 3.74. The zero-order valence-electron chi connectivity index (χ0n) is 13.4. The average Bonchev–Trinajstić information content (AvgIpc) is 3.15. The fraction of sp³-hybridized carbons (Fsp3) is 0.235. The monoisotopic (exact) mass is 322 g/mol. The Balaban J connectivity index is 1.72. The SMILES string of the molecule is CNc1ncncc1-c1ccc2c(c1)N(Cc1c[nH]cn1)CCO2. The summed E-state index contributed by atoms with van der Waals surface area (Å²) >= 11 is 0. The van der Waals surface area contributed by atoms with Crippen LogP contribution in [0.15, 0.2) is 43.2 Å². The highest BCUT2D eigenvalue weighted by atomic mass is 16.5. The predicted molar refractivity (Wildman–Crippen MR) is 92.1 cm³/mol. The molecule has 3 aromatic rings. The van der Waals surface area contributed by atoms with E-state index in [1.165, 1.54) is 0 Å². The van der Waals surface area contributed by atoms with Crippen LogP contribution in [0, 0.1) is 0 Å². The van der Waals surface area contributed by atoms with E-state index in [-0.39, 0.29) is 0 Å². The Morgan fingerprint density at radius 2 is 2.29 bits per heavy atom. The lowest BCUT2D eigenvalue weighted by atomic mass is 10.1. The summed E-state index contributed by atoms with van der Waals surface area (Å²) in [5, 5.41) is 3.11. The summed E-state index contributed by atoms with van der Waals surface area (Å²) in [7, 11) is 1.86. The van der Waals surface area contributed by atoms with Gasteiger partial charge in [0, 0.05) is 25.0 Å². The number of aromatic amines is 1. The van der Waals surface area contributed by atoms with Gasteiger partial charge in [-0.25, -0.2) is 15.0 Å². The zero-order chi connectivity index (χ0) is 16.4. The second kappa shape index (κ2) is 6.19. The molecule has 0 saturated heterocycles. The third-order valence-electron chi connectivity index (χ3n) is 4.09. The Hall–Kier alpha value is -3.09. The summed E-state index contributed by atoms with van der Waals surface area (Å²) < 4.78 is 5.80. The number of hydrogen-bond donors (Lipinski definition) is 2. The summed E-state index contributed by atoms with van der Waals surface area (Å²) in [5.41, 5.74) is 4.09. The van der Waals surface area contributed by atoms with Crippen LogP contribution in [0.3, 0.4) is 0 Å². The third kappa shape index (κ3) is 2.64. The van der Waals surface area contributed by atoms with Crippen molar-refractivity contribution in [2.75, 3.05) is 30.4 Å². The number of rotatable bonds is 4. The molecule has 0 radical (unpaired) electrons. The van der Waals surface area contributed by atoms with Gasteiger partial charge < -0.3 is 19.9 Å². The molecule has 0 saturated carbocycles. The molecule has 3 heterocycles. The van der Waals surface area contributed by atoms with Crippen LogP contribution in [-0.4, -0.2) is 40.1 Å². The normalized spacial score (nSPS) is 13.3. The molecule has 1 aliphatic rings. The van der Waals surface area contributed by atoms with E-state index in [4.69, 9.17) is 4.74 Å². The summed E-state index contributed by atoms with van der Waals surface area (Å²) in [6, 6.07) is 6.17. The molecule has 0 amide bonds. The standard InChI is InChI=1S/C17H18N6O/c1-18-17-14(8-20-11-22-17)12-2-3-16-15(6-12)23(4-5-24-16)9-13-7-19-10-21-13/h2-3,6-8,10-11H,4-5,9H2,1H3,(H,19,21)(H,18,20,22). The van der Waals surface area contributed by atoms with Gasteiger partial charge in [0.2, 0.25) is 0 Å². The third-order valence-corrected chi connectivity index (χ3v) is 4.09. The van der Waals surface area contributed by atoms with Crippen molar-refractivity contribution in [3.05, 3.63) is 48.9 Å². The van der Waals surface area contributed by atoms with Crippen LogP contribution >= 0.6 is 0 Å². The Labute approximate surface area is 139 Å². The summed E-state index contributed by atoms with van der Waals surface area (Å²) in [4.78, 5) is 18.0. The second-order valence-corrected chi connectivity index (χ2v) is 5.55. The van der Waals surface area contributed by atoms with Crippen molar-refractivity contribution in [1.29, 1.82) is 0 Å². The first kappa shape index (κ1) is 14.5. The number of anilines is 2. The number of imidazole rings is 1. The number of fused-ring (bicyclic) bond motifs is 1. The van der Waals surface area contributed by atoms with E-state index in [0.717, 1.165) is 47.2 Å². The van der Waals surface area contributed by atoms with E-state index in [0.29, 0.717) is 6.61 Å². The second-order valence-electron chi connectivity index (χ2n) is 5.55. The summed E-state index contributed by atoms with van der Waals surface area (Å²) in [6.07, 6.45) is 6.99. The van der Waals surface area contributed by atoms with Gasteiger partial charge in [0.05, 0.1) is 30.8 Å². The van der Waals surface area contributed by atoms with E-state index >= 15 is 0 Å². The Morgan fingerprint density at radius 3 is 3.12 bits per heavy atom.